The van der Waals surface area contributed by atoms with Crippen molar-refractivity contribution in [2.24, 2.45) is 0 Å². The third kappa shape index (κ3) is 3.71. The summed E-state index contributed by atoms with van der Waals surface area (Å²) in [5, 5.41) is 10.8. The first-order valence-electron chi connectivity index (χ1n) is 7.84. The second-order valence-electron chi connectivity index (χ2n) is 5.56. The molecule has 0 amide bonds. The summed E-state index contributed by atoms with van der Waals surface area (Å²) in [6.45, 7) is 6.38. The van der Waals surface area contributed by atoms with Crippen molar-refractivity contribution in [1.29, 1.82) is 0 Å². The molecule has 3 heterocycles. The van der Waals surface area contributed by atoms with Crippen molar-refractivity contribution in [2.45, 2.75) is 51.6 Å². The Bertz CT molecular complexity index is 592. The SMILES string of the molecule is CCc1nc(C(C)NCc2noc(C3CCOCC3)n2)cs1. The van der Waals surface area contributed by atoms with Crippen LogP contribution in [0.2, 0.25) is 0 Å². The topological polar surface area (TPSA) is 73.1 Å². The quantitative estimate of drug-likeness (QED) is 0.881. The molecule has 1 atom stereocenters. The molecule has 6 nitrogen and oxygen atoms in total. The summed E-state index contributed by atoms with van der Waals surface area (Å²) in [5.74, 6) is 1.80. The normalized spacial score (nSPS) is 17.7. The van der Waals surface area contributed by atoms with Gasteiger partial charge < -0.3 is 14.6 Å². The van der Waals surface area contributed by atoms with Gasteiger partial charge in [-0.25, -0.2) is 4.98 Å². The maximum atomic E-state index is 5.39. The molecule has 0 radical (unpaired) electrons. The molecule has 1 unspecified atom stereocenters. The predicted octanol–water partition coefficient (Wildman–Crippen LogP) is 2.83. The largest absolute Gasteiger partial charge is 0.381 e. The molecule has 22 heavy (non-hydrogen) atoms. The number of aryl methyl sites for hydroxylation is 1. The van der Waals surface area contributed by atoms with Gasteiger partial charge in [-0.3, -0.25) is 0 Å². The molecule has 1 N–H and O–H groups in total. The average Bonchev–Trinajstić information content (AvgIpc) is 3.22. The zero-order valence-electron chi connectivity index (χ0n) is 13.0. The highest BCUT2D eigenvalue weighted by Crippen LogP contribution is 2.25. The van der Waals surface area contributed by atoms with Crippen LogP contribution >= 0.6 is 11.3 Å². The van der Waals surface area contributed by atoms with Crippen LogP contribution < -0.4 is 5.32 Å². The van der Waals surface area contributed by atoms with Crippen LogP contribution in [0, 0.1) is 0 Å². The van der Waals surface area contributed by atoms with E-state index in [1.807, 2.05) is 0 Å². The molecule has 0 spiro atoms. The molecule has 0 bridgehead atoms. The van der Waals surface area contributed by atoms with Gasteiger partial charge in [0.25, 0.3) is 0 Å². The third-order valence-corrected chi connectivity index (χ3v) is 4.95. The van der Waals surface area contributed by atoms with Crippen LogP contribution in [0.15, 0.2) is 9.90 Å². The van der Waals surface area contributed by atoms with E-state index in [2.05, 4.69) is 39.7 Å². The minimum absolute atomic E-state index is 0.182. The van der Waals surface area contributed by atoms with Crippen molar-refractivity contribution in [2.75, 3.05) is 13.2 Å². The van der Waals surface area contributed by atoms with Gasteiger partial charge in [0.1, 0.15) is 0 Å². The molecule has 1 aliphatic heterocycles. The van der Waals surface area contributed by atoms with E-state index >= 15 is 0 Å². The molecule has 0 saturated carbocycles. The van der Waals surface area contributed by atoms with Crippen LogP contribution in [0.5, 0.6) is 0 Å². The first-order chi connectivity index (χ1) is 10.8. The minimum Gasteiger partial charge on any atom is -0.381 e. The highest BCUT2D eigenvalue weighted by atomic mass is 32.1. The first kappa shape index (κ1) is 15.6. The van der Waals surface area contributed by atoms with Crippen LogP contribution in [0.25, 0.3) is 0 Å². The lowest BCUT2D eigenvalue weighted by atomic mass is 10.0. The number of thiazole rings is 1. The maximum Gasteiger partial charge on any atom is 0.229 e. The lowest BCUT2D eigenvalue weighted by Crippen LogP contribution is -2.19. The van der Waals surface area contributed by atoms with Gasteiger partial charge in [0.2, 0.25) is 5.89 Å². The van der Waals surface area contributed by atoms with Crippen molar-refractivity contribution in [3.63, 3.8) is 0 Å². The van der Waals surface area contributed by atoms with E-state index in [1.54, 1.807) is 11.3 Å². The summed E-state index contributed by atoms with van der Waals surface area (Å²) in [6.07, 6.45) is 2.91. The number of rotatable bonds is 6. The van der Waals surface area contributed by atoms with Crippen LogP contribution in [0.3, 0.4) is 0 Å². The van der Waals surface area contributed by atoms with Gasteiger partial charge in [0.15, 0.2) is 5.82 Å². The molecule has 1 fully saturated rings. The van der Waals surface area contributed by atoms with E-state index < -0.39 is 0 Å². The molecule has 3 rings (SSSR count). The van der Waals surface area contributed by atoms with Gasteiger partial charge in [-0.05, 0) is 26.2 Å². The van der Waals surface area contributed by atoms with E-state index in [1.165, 1.54) is 5.01 Å². The Balaban J connectivity index is 1.53. The fraction of sp³-hybridized carbons (Fsp3) is 0.667. The zero-order chi connectivity index (χ0) is 15.4. The van der Waals surface area contributed by atoms with Crippen molar-refractivity contribution in [3.05, 3.63) is 27.8 Å². The first-order valence-corrected chi connectivity index (χ1v) is 8.72. The van der Waals surface area contributed by atoms with Gasteiger partial charge >= 0.3 is 0 Å². The number of hydrogen-bond donors (Lipinski definition) is 1. The summed E-state index contributed by atoms with van der Waals surface area (Å²) in [7, 11) is 0. The van der Waals surface area contributed by atoms with Crippen molar-refractivity contribution >= 4 is 11.3 Å². The van der Waals surface area contributed by atoms with Crippen LogP contribution in [0.1, 0.15) is 61.1 Å². The van der Waals surface area contributed by atoms with Gasteiger partial charge in [-0.1, -0.05) is 12.1 Å². The van der Waals surface area contributed by atoms with E-state index in [4.69, 9.17) is 9.26 Å². The lowest BCUT2D eigenvalue weighted by Gasteiger charge is -2.17. The smallest absolute Gasteiger partial charge is 0.229 e. The number of hydrogen-bond acceptors (Lipinski definition) is 7. The zero-order valence-corrected chi connectivity index (χ0v) is 13.9. The van der Waals surface area contributed by atoms with E-state index in [0.717, 1.165) is 44.1 Å². The molecule has 2 aromatic rings. The van der Waals surface area contributed by atoms with Crippen LogP contribution in [-0.4, -0.2) is 28.3 Å². The molecule has 1 aliphatic rings. The van der Waals surface area contributed by atoms with Crippen LogP contribution in [0.4, 0.5) is 0 Å². The molecular weight excluding hydrogens is 300 g/mol. The lowest BCUT2D eigenvalue weighted by molar-refractivity contribution is 0.0778. The third-order valence-electron chi connectivity index (χ3n) is 3.94. The Morgan fingerprint density at radius 3 is 2.91 bits per heavy atom. The summed E-state index contributed by atoms with van der Waals surface area (Å²) >= 11 is 1.71. The minimum atomic E-state index is 0.182. The number of nitrogens with zero attached hydrogens (tertiary/aromatic N) is 3. The maximum absolute atomic E-state index is 5.39. The van der Waals surface area contributed by atoms with E-state index in [9.17, 15) is 0 Å². The highest BCUT2D eigenvalue weighted by Gasteiger charge is 2.22. The molecule has 1 saturated heterocycles. The number of aromatic nitrogens is 3. The van der Waals surface area contributed by atoms with E-state index in [-0.39, 0.29) is 6.04 Å². The fourth-order valence-electron chi connectivity index (χ4n) is 2.48. The Hall–Kier alpha value is -1.31. The Kier molecular flexibility index (Phi) is 5.17. The monoisotopic (exact) mass is 322 g/mol. The molecule has 0 aliphatic carbocycles. The van der Waals surface area contributed by atoms with Crippen molar-refractivity contribution < 1.29 is 9.26 Å². The second-order valence-corrected chi connectivity index (χ2v) is 6.50. The van der Waals surface area contributed by atoms with Crippen LogP contribution in [-0.2, 0) is 17.7 Å². The summed E-state index contributed by atoms with van der Waals surface area (Å²) < 4.78 is 10.8. The van der Waals surface area contributed by atoms with Gasteiger partial charge in [-0.15, -0.1) is 11.3 Å². The highest BCUT2D eigenvalue weighted by molar-refractivity contribution is 7.09. The number of ether oxygens (including phenoxy) is 1. The standard InChI is InChI=1S/C15H22N4O2S/c1-3-14-17-12(9-22-14)10(2)16-8-13-18-15(21-19-13)11-4-6-20-7-5-11/h9-11,16H,3-8H2,1-2H3. The number of nitrogens with one attached hydrogen (secondary N) is 1. The molecular formula is C15H22N4O2S. The Labute approximate surface area is 134 Å². The van der Waals surface area contributed by atoms with Crippen molar-refractivity contribution in [1.82, 2.24) is 20.4 Å². The Morgan fingerprint density at radius 1 is 1.36 bits per heavy atom. The fourth-order valence-corrected chi connectivity index (χ4v) is 3.32. The predicted molar refractivity (Wildman–Crippen MR) is 83.8 cm³/mol. The Morgan fingerprint density at radius 2 is 2.18 bits per heavy atom. The van der Waals surface area contributed by atoms with Gasteiger partial charge in [0.05, 0.1) is 17.2 Å². The van der Waals surface area contributed by atoms with Crippen molar-refractivity contribution in [3.8, 4) is 0 Å². The molecule has 2 aromatic heterocycles. The average molecular weight is 322 g/mol. The van der Waals surface area contributed by atoms with Gasteiger partial charge in [0, 0.05) is 30.6 Å². The van der Waals surface area contributed by atoms with Gasteiger partial charge in [-0.2, -0.15) is 4.98 Å². The van der Waals surface area contributed by atoms with E-state index in [0.29, 0.717) is 18.3 Å². The summed E-state index contributed by atoms with van der Waals surface area (Å²) in [6, 6.07) is 0.182. The summed E-state index contributed by atoms with van der Waals surface area (Å²) in [4.78, 5) is 9.10. The second kappa shape index (κ2) is 7.30. The molecule has 120 valence electrons. The summed E-state index contributed by atoms with van der Waals surface area (Å²) in [5.41, 5.74) is 1.08. The molecule has 0 aromatic carbocycles. The molecule has 7 heteroatoms.